The van der Waals surface area contributed by atoms with Gasteiger partial charge in [0.1, 0.15) is 22.2 Å². The standard InChI is InChI=1S/C21H19ClN2O4S/c1-12-5-4-6-16(21(26)27-3)18(12)24-20(25)19-13(2)23-17(29-19)11-28-15-9-7-14(22)8-10-15/h4-10H,11H2,1-3H3,(H,24,25). The van der Waals surface area contributed by atoms with E-state index < -0.39 is 5.97 Å². The number of carbonyl (C=O) groups is 2. The van der Waals surface area contributed by atoms with E-state index in [1.54, 1.807) is 43.3 Å². The first-order valence-electron chi connectivity index (χ1n) is 8.73. The monoisotopic (exact) mass is 430 g/mol. The van der Waals surface area contributed by atoms with Crippen molar-refractivity contribution in [2.45, 2.75) is 20.5 Å². The van der Waals surface area contributed by atoms with Crippen molar-refractivity contribution < 1.29 is 19.1 Å². The first kappa shape index (κ1) is 20.8. The number of thiazole rings is 1. The largest absolute Gasteiger partial charge is 0.486 e. The average Bonchev–Trinajstić information content (AvgIpc) is 3.09. The number of nitrogens with zero attached hydrogens (tertiary/aromatic N) is 1. The minimum absolute atomic E-state index is 0.234. The van der Waals surface area contributed by atoms with Crippen LogP contribution in [-0.4, -0.2) is 24.0 Å². The van der Waals surface area contributed by atoms with Gasteiger partial charge in [-0.2, -0.15) is 0 Å². The average molecular weight is 431 g/mol. The summed E-state index contributed by atoms with van der Waals surface area (Å²) in [5.41, 5.74) is 2.08. The summed E-state index contributed by atoms with van der Waals surface area (Å²) in [4.78, 5) is 29.7. The number of ether oxygens (including phenoxy) is 2. The number of amides is 1. The molecule has 0 atom stereocenters. The van der Waals surface area contributed by atoms with Crippen molar-refractivity contribution in [2.24, 2.45) is 0 Å². The van der Waals surface area contributed by atoms with Crippen LogP contribution >= 0.6 is 22.9 Å². The molecule has 0 radical (unpaired) electrons. The second kappa shape index (κ2) is 9.07. The van der Waals surface area contributed by atoms with Crippen LogP contribution in [0.4, 0.5) is 5.69 Å². The smallest absolute Gasteiger partial charge is 0.339 e. The van der Waals surface area contributed by atoms with Crippen LogP contribution in [0.15, 0.2) is 42.5 Å². The molecule has 0 saturated heterocycles. The molecular formula is C21H19ClN2O4S. The second-order valence-corrected chi connectivity index (χ2v) is 7.73. The number of methoxy groups -OCH3 is 1. The van der Waals surface area contributed by atoms with E-state index in [9.17, 15) is 9.59 Å². The number of esters is 1. The zero-order chi connectivity index (χ0) is 21.0. The third-order valence-electron chi connectivity index (χ3n) is 4.14. The van der Waals surface area contributed by atoms with Crippen LogP contribution < -0.4 is 10.1 Å². The molecule has 0 saturated carbocycles. The fraction of sp³-hybridized carbons (Fsp3) is 0.190. The Labute approximate surface area is 177 Å². The van der Waals surface area contributed by atoms with E-state index in [1.165, 1.54) is 18.4 Å². The van der Waals surface area contributed by atoms with Crippen molar-refractivity contribution in [1.29, 1.82) is 0 Å². The molecule has 1 amide bonds. The van der Waals surface area contributed by atoms with Gasteiger partial charge in [0.05, 0.1) is 24.1 Å². The minimum Gasteiger partial charge on any atom is -0.486 e. The molecule has 3 rings (SSSR count). The normalized spacial score (nSPS) is 10.5. The van der Waals surface area contributed by atoms with Crippen molar-refractivity contribution >= 4 is 40.5 Å². The zero-order valence-corrected chi connectivity index (χ0v) is 17.7. The lowest BCUT2D eigenvalue weighted by molar-refractivity contribution is 0.0602. The predicted octanol–water partition coefficient (Wildman–Crippen LogP) is 5.03. The molecule has 2 aromatic carbocycles. The Morgan fingerprint density at radius 2 is 1.86 bits per heavy atom. The van der Waals surface area contributed by atoms with Gasteiger partial charge in [-0.15, -0.1) is 11.3 Å². The molecule has 6 nitrogen and oxygen atoms in total. The van der Waals surface area contributed by atoms with E-state index in [-0.39, 0.29) is 12.5 Å². The Hall–Kier alpha value is -2.90. The maximum atomic E-state index is 12.8. The summed E-state index contributed by atoms with van der Waals surface area (Å²) >= 11 is 7.11. The number of anilines is 1. The first-order valence-corrected chi connectivity index (χ1v) is 9.92. The highest BCUT2D eigenvalue weighted by Gasteiger charge is 2.20. The fourth-order valence-electron chi connectivity index (χ4n) is 2.68. The number of hydrogen-bond donors (Lipinski definition) is 1. The Balaban J connectivity index is 1.76. The molecule has 150 valence electrons. The van der Waals surface area contributed by atoms with Crippen LogP contribution in [0.2, 0.25) is 5.02 Å². The molecule has 3 aromatic rings. The quantitative estimate of drug-likeness (QED) is 0.555. The molecule has 0 spiro atoms. The van der Waals surface area contributed by atoms with Crippen LogP contribution in [0.25, 0.3) is 0 Å². The maximum Gasteiger partial charge on any atom is 0.339 e. The predicted molar refractivity (Wildman–Crippen MR) is 113 cm³/mol. The molecule has 0 aliphatic heterocycles. The third-order valence-corrected chi connectivity index (χ3v) is 5.52. The molecule has 29 heavy (non-hydrogen) atoms. The summed E-state index contributed by atoms with van der Waals surface area (Å²) < 4.78 is 10.5. The molecule has 0 aliphatic carbocycles. The summed E-state index contributed by atoms with van der Waals surface area (Å²) in [5.74, 6) is -0.185. The van der Waals surface area contributed by atoms with Crippen LogP contribution in [0.3, 0.4) is 0 Å². The maximum absolute atomic E-state index is 12.8. The molecule has 0 unspecified atom stereocenters. The van der Waals surface area contributed by atoms with Gasteiger partial charge in [0.25, 0.3) is 5.91 Å². The van der Waals surface area contributed by atoms with E-state index in [1.807, 2.05) is 13.0 Å². The second-order valence-electron chi connectivity index (χ2n) is 6.21. The topological polar surface area (TPSA) is 77.5 Å². The molecule has 1 aromatic heterocycles. The Bertz CT molecular complexity index is 1050. The lowest BCUT2D eigenvalue weighted by atomic mass is 10.1. The lowest BCUT2D eigenvalue weighted by Crippen LogP contribution is -2.16. The van der Waals surface area contributed by atoms with Crippen molar-refractivity contribution in [1.82, 2.24) is 4.98 Å². The first-order chi connectivity index (χ1) is 13.9. The van der Waals surface area contributed by atoms with Gasteiger partial charge in [0.15, 0.2) is 0 Å². The molecule has 0 fully saturated rings. The van der Waals surface area contributed by atoms with Crippen molar-refractivity contribution in [3.8, 4) is 5.75 Å². The van der Waals surface area contributed by atoms with Crippen molar-refractivity contribution in [3.63, 3.8) is 0 Å². The van der Waals surface area contributed by atoms with Crippen molar-refractivity contribution in [3.05, 3.63) is 74.2 Å². The van der Waals surface area contributed by atoms with Crippen molar-refractivity contribution in [2.75, 3.05) is 12.4 Å². The van der Waals surface area contributed by atoms with Gasteiger partial charge in [0.2, 0.25) is 0 Å². The lowest BCUT2D eigenvalue weighted by Gasteiger charge is -2.12. The summed E-state index contributed by atoms with van der Waals surface area (Å²) in [6.45, 7) is 3.81. The highest BCUT2D eigenvalue weighted by molar-refractivity contribution is 7.13. The Kier molecular flexibility index (Phi) is 6.51. The number of hydrogen-bond acceptors (Lipinski definition) is 6. The summed E-state index contributed by atoms with van der Waals surface area (Å²) in [6, 6.07) is 12.2. The van der Waals surface area contributed by atoms with E-state index >= 15 is 0 Å². The highest BCUT2D eigenvalue weighted by Crippen LogP contribution is 2.26. The SMILES string of the molecule is COC(=O)c1cccc(C)c1NC(=O)c1sc(COc2ccc(Cl)cc2)nc1C. The number of benzene rings is 2. The van der Waals surface area contributed by atoms with E-state index in [0.717, 1.165) is 5.56 Å². The Morgan fingerprint density at radius 3 is 2.55 bits per heavy atom. The van der Waals surface area contributed by atoms with Crippen LogP contribution in [0.1, 0.15) is 36.3 Å². The summed E-state index contributed by atoms with van der Waals surface area (Å²) in [6.07, 6.45) is 0. The number of aryl methyl sites for hydroxylation is 2. The Morgan fingerprint density at radius 1 is 1.14 bits per heavy atom. The zero-order valence-electron chi connectivity index (χ0n) is 16.1. The number of nitrogens with one attached hydrogen (secondary N) is 1. The minimum atomic E-state index is -0.512. The molecule has 1 heterocycles. The van der Waals surface area contributed by atoms with Crippen LogP contribution in [0.5, 0.6) is 5.75 Å². The van der Waals surface area contributed by atoms with Gasteiger partial charge < -0.3 is 14.8 Å². The highest BCUT2D eigenvalue weighted by atomic mass is 35.5. The number of rotatable bonds is 6. The summed E-state index contributed by atoms with van der Waals surface area (Å²) in [5, 5.41) is 4.12. The number of para-hydroxylation sites is 1. The number of carbonyl (C=O) groups excluding carboxylic acids is 2. The number of aromatic nitrogens is 1. The number of halogens is 1. The molecule has 1 N–H and O–H groups in total. The van der Waals surface area contributed by atoms with Gasteiger partial charge in [0, 0.05) is 5.02 Å². The van der Waals surface area contributed by atoms with E-state index in [0.29, 0.717) is 37.6 Å². The van der Waals surface area contributed by atoms with Gasteiger partial charge in [-0.3, -0.25) is 4.79 Å². The molecule has 0 aliphatic rings. The molecule has 8 heteroatoms. The van der Waals surface area contributed by atoms with Gasteiger partial charge in [-0.1, -0.05) is 23.7 Å². The van der Waals surface area contributed by atoms with Gasteiger partial charge >= 0.3 is 5.97 Å². The molecule has 0 bridgehead atoms. The summed E-state index contributed by atoms with van der Waals surface area (Å²) in [7, 11) is 1.30. The molecular weight excluding hydrogens is 412 g/mol. The van der Waals surface area contributed by atoms with E-state index in [4.69, 9.17) is 21.1 Å². The van der Waals surface area contributed by atoms with Gasteiger partial charge in [-0.25, -0.2) is 9.78 Å². The van der Waals surface area contributed by atoms with Gasteiger partial charge in [-0.05, 0) is 49.7 Å². The van der Waals surface area contributed by atoms with Crippen LogP contribution in [-0.2, 0) is 11.3 Å². The third kappa shape index (κ3) is 4.93. The fourth-order valence-corrected chi connectivity index (χ4v) is 3.68. The van der Waals surface area contributed by atoms with E-state index in [2.05, 4.69) is 10.3 Å². The van der Waals surface area contributed by atoms with Crippen LogP contribution in [0, 0.1) is 13.8 Å².